The summed E-state index contributed by atoms with van der Waals surface area (Å²) in [7, 11) is 0. The number of carboxylic acid groups (broad SMARTS) is 1. The van der Waals surface area contributed by atoms with Crippen molar-refractivity contribution in [1.29, 1.82) is 0 Å². The summed E-state index contributed by atoms with van der Waals surface area (Å²) in [6.45, 7) is 5.40. The van der Waals surface area contributed by atoms with E-state index in [1.54, 1.807) is 6.08 Å². The van der Waals surface area contributed by atoms with E-state index in [1.165, 1.54) is 22.1 Å². The second-order valence-corrected chi connectivity index (χ2v) is 7.88. The van der Waals surface area contributed by atoms with Crippen LogP contribution in [-0.4, -0.2) is 31.7 Å². The zero-order valence-corrected chi connectivity index (χ0v) is 16.7. The molecule has 120 valence electrons. The molecule has 0 bridgehead atoms. The van der Waals surface area contributed by atoms with Gasteiger partial charge in [-0.1, -0.05) is 13.8 Å². The van der Waals surface area contributed by atoms with Gasteiger partial charge in [0.05, 0.1) is 22.9 Å². The number of nitrogens with zero attached hydrogens (tertiary/aromatic N) is 3. The maximum absolute atomic E-state index is 12.2. The van der Waals surface area contributed by atoms with E-state index in [1.807, 2.05) is 6.20 Å². The molecule has 1 atom stereocenters. The number of amides is 1. The van der Waals surface area contributed by atoms with Crippen LogP contribution in [0.5, 0.6) is 0 Å². The third-order valence-corrected chi connectivity index (χ3v) is 5.63. The minimum absolute atomic E-state index is 0. The van der Waals surface area contributed by atoms with Crippen LogP contribution in [0.3, 0.4) is 0 Å². The Morgan fingerprint density at radius 3 is 2.96 bits per heavy atom. The molecule has 0 N–H and O–H groups in total. The molecule has 6 nitrogen and oxygen atoms in total. The third-order valence-electron chi connectivity index (χ3n) is 4.55. The first-order valence-corrected chi connectivity index (χ1v) is 8.48. The summed E-state index contributed by atoms with van der Waals surface area (Å²) >= 11 is 1.31. The number of carboxylic acids is 1. The predicted molar refractivity (Wildman–Crippen MR) is 83.6 cm³/mol. The Kier molecular flexibility index (Phi) is 4.49. The monoisotopic (exact) mass is 353 g/mol. The largest absolute Gasteiger partial charge is 1.00 e. The molecule has 1 fully saturated rings. The van der Waals surface area contributed by atoms with E-state index in [2.05, 4.69) is 23.4 Å². The fourth-order valence-corrected chi connectivity index (χ4v) is 4.41. The molecule has 0 aromatic carbocycles. The zero-order chi connectivity index (χ0) is 16.4. The maximum Gasteiger partial charge on any atom is 1.00 e. The van der Waals surface area contributed by atoms with E-state index in [0.29, 0.717) is 5.57 Å². The van der Waals surface area contributed by atoms with E-state index in [0.717, 1.165) is 30.9 Å². The van der Waals surface area contributed by atoms with Gasteiger partial charge in [-0.3, -0.25) is 9.69 Å². The van der Waals surface area contributed by atoms with E-state index in [-0.39, 0.29) is 52.0 Å². The first kappa shape index (κ1) is 17.8. The van der Waals surface area contributed by atoms with Gasteiger partial charge in [-0.2, -0.15) is 0 Å². The van der Waals surface area contributed by atoms with Gasteiger partial charge in [0, 0.05) is 19.2 Å². The molecule has 1 aromatic heterocycles. The zero-order valence-electron chi connectivity index (χ0n) is 13.9. The summed E-state index contributed by atoms with van der Waals surface area (Å²) in [5.41, 5.74) is 1.57. The normalized spacial score (nSPS) is 25.5. The van der Waals surface area contributed by atoms with Gasteiger partial charge in [-0.15, -0.1) is 11.8 Å². The van der Waals surface area contributed by atoms with Crippen LogP contribution in [-0.2, 0) is 22.6 Å². The molecule has 0 aliphatic carbocycles. The van der Waals surface area contributed by atoms with Crippen molar-refractivity contribution in [2.45, 2.75) is 38.6 Å². The topological polar surface area (TPSA) is 78.3 Å². The van der Waals surface area contributed by atoms with E-state index in [9.17, 15) is 14.7 Å². The molecule has 4 rings (SSSR count). The Morgan fingerprint density at radius 1 is 1.50 bits per heavy atom. The number of aromatic nitrogens is 2. The standard InChI is InChI=1S/C16H17N3O3S.Na/c1-16(2)4-3-12-17-9(6-18(12)8-16)5-10-13(20)19-11(15(21)22)7-23-14(10)19;/h5-7,14H,3-4,8H2,1-2H3,(H,21,22);/q;+1/p-1/b10-5-;. The molecule has 1 aromatic rings. The summed E-state index contributed by atoms with van der Waals surface area (Å²) in [5.74, 6) is -0.540. The fraction of sp³-hybridized carbons (Fsp3) is 0.438. The number of thioether (sulfide) groups is 1. The number of carbonyl (C=O) groups is 2. The van der Waals surface area contributed by atoms with Crippen LogP contribution in [0.15, 0.2) is 22.9 Å². The van der Waals surface area contributed by atoms with Crippen LogP contribution in [0.25, 0.3) is 6.08 Å². The Bertz CT molecular complexity index is 796. The van der Waals surface area contributed by atoms with Crippen molar-refractivity contribution in [2.75, 3.05) is 0 Å². The van der Waals surface area contributed by atoms with Crippen LogP contribution in [0.2, 0.25) is 0 Å². The second-order valence-electron chi connectivity index (χ2n) is 6.93. The van der Waals surface area contributed by atoms with E-state index < -0.39 is 5.97 Å². The number of imidazole rings is 1. The van der Waals surface area contributed by atoms with E-state index in [4.69, 9.17) is 0 Å². The van der Waals surface area contributed by atoms with E-state index >= 15 is 0 Å². The SMILES string of the molecule is CC1(C)CCc2nc(/C=C3/C(=O)N4C(C(=O)[O-])=CSC34)cn2C1.[Na+]. The number of carbonyl (C=O) groups excluding carboxylic acids is 2. The maximum atomic E-state index is 12.2. The quantitative estimate of drug-likeness (QED) is 0.341. The average Bonchev–Trinajstić information content (AvgIpc) is 3.04. The summed E-state index contributed by atoms with van der Waals surface area (Å²) in [6, 6.07) is 0. The van der Waals surface area contributed by atoms with Crippen LogP contribution in [0, 0.1) is 5.41 Å². The molecule has 3 aliphatic heterocycles. The Hall–Kier alpha value is -1.02. The first-order valence-electron chi connectivity index (χ1n) is 7.54. The Labute approximate surface area is 166 Å². The number of aryl methyl sites for hydroxylation is 1. The van der Waals surface area contributed by atoms with Gasteiger partial charge in [-0.05, 0) is 23.3 Å². The fourth-order valence-electron chi connectivity index (χ4n) is 3.29. The molecule has 24 heavy (non-hydrogen) atoms. The number of hydrogen-bond donors (Lipinski definition) is 0. The molecule has 4 heterocycles. The van der Waals surface area contributed by atoms with Crippen LogP contribution in [0.4, 0.5) is 0 Å². The molecule has 3 aliphatic rings. The van der Waals surface area contributed by atoms with Crippen LogP contribution >= 0.6 is 11.8 Å². The number of rotatable bonds is 2. The summed E-state index contributed by atoms with van der Waals surface area (Å²) in [4.78, 5) is 29.0. The van der Waals surface area contributed by atoms with Crippen molar-refractivity contribution in [1.82, 2.24) is 14.5 Å². The van der Waals surface area contributed by atoms with Crippen molar-refractivity contribution in [3.8, 4) is 0 Å². The number of β-lactam (4-membered cyclic amide) rings is 1. The Morgan fingerprint density at radius 2 is 2.25 bits per heavy atom. The van der Waals surface area contributed by atoms with Gasteiger partial charge in [-0.25, -0.2) is 4.98 Å². The van der Waals surface area contributed by atoms with Gasteiger partial charge < -0.3 is 14.5 Å². The van der Waals surface area contributed by atoms with Gasteiger partial charge in [0.1, 0.15) is 11.2 Å². The molecule has 1 amide bonds. The van der Waals surface area contributed by atoms with Crippen LogP contribution in [0.1, 0.15) is 31.8 Å². The summed E-state index contributed by atoms with van der Waals surface area (Å²) < 4.78 is 2.16. The molecule has 0 spiro atoms. The predicted octanol–water partition coefficient (Wildman–Crippen LogP) is -2.25. The number of aliphatic carboxylic acids is 1. The van der Waals surface area contributed by atoms with Crippen molar-refractivity contribution >= 4 is 29.7 Å². The molecule has 0 saturated carbocycles. The minimum atomic E-state index is -1.31. The average molecular weight is 353 g/mol. The molecule has 8 heteroatoms. The van der Waals surface area contributed by atoms with Crippen molar-refractivity contribution < 1.29 is 44.3 Å². The number of fused-ring (bicyclic) bond motifs is 2. The first-order chi connectivity index (χ1) is 10.9. The van der Waals surface area contributed by atoms with Crippen LogP contribution < -0.4 is 34.7 Å². The second kappa shape index (κ2) is 6.05. The molecular formula is C16H16N3NaO3S. The Balaban J connectivity index is 0.00000169. The number of hydrogen-bond acceptors (Lipinski definition) is 5. The minimum Gasteiger partial charge on any atom is -0.543 e. The molecule has 1 saturated heterocycles. The van der Waals surface area contributed by atoms with Gasteiger partial charge in [0.25, 0.3) is 5.91 Å². The van der Waals surface area contributed by atoms with Crippen molar-refractivity contribution in [3.63, 3.8) is 0 Å². The van der Waals surface area contributed by atoms with Gasteiger partial charge in [0.2, 0.25) is 0 Å². The summed E-state index contributed by atoms with van der Waals surface area (Å²) in [6.07, 6.45) is 5.79. The molecule has 1 unspecified atom stereocenters. The van der Waals surface area contributed by atoms with Crippen molar-refractivity contribution in [3.05, 3.63) is 34.4 Å². The smallest absolute Gasteiger partial charge is 0.543 e. The van der Waals surface area contributed by atoms with Crippen molar-refractivity contribution in [2.24, 2.45) is 5.41 Å². The van der Waals surface area contributed by atoms with Gasteiger partial charge in [0.15, 0.2) is 0 Å². The third kappa shape index (κ3) is 2.77. The van der Waals surface area contributed by atoms with Gasteiger partial charge >= 0.3 is 29.6 Å². The molecular weight excluding hydrogens is 337 g/mol. The summed E-state index contributed by atoms with van der Waals surface area (Å²) in [5, 5.41) is 12.2. The molecule has 0 radical (unpaired) electrons.